The van der Waals surface area contributed by atoms with Crippen molar-refractivity contribution in [3.05, 3.63) is 22.8 Å². The Bertz CT molecular complexity index is 451. The summed E-state index contributed by atoms with van der Waals surface area (Å²) in [7, 11) is 0. The van der Waals surface area contributed by atoms with Crippen LogP contribution in [0.4, 0.5) is 19.0 Å². The van der Waals surface area contributed by atoms with E-state index in [4.69, 9.17) is 17.3 Å². The first-order valence-electron chi connectivity index (χ1n) is 5.55. The fourth-order valence-corrected chi connectivity index (χ4v) is 1.57. The van der Waals surface area contributed by atoms with Gasteiger partial charge in [0.15, 0.2) is 0 Å². The molecule has 0 aliphatic heterocycles. The number of nitrogens with zero attached hydrogens (tertiary/aromatic N) is 1. The lowest BCUT2D eigenvalue weighted by Crippen LogP contribution is -2.25. The van der Waals surface area contributed by atoms with Gasteiger partial charge in [-0.25, -0.2) is 4.98 Å². The lowest BCUT2D eigenvalue weighted by atomic mass is 10.2. The van der Waals surface area contributed by atoms with Crippen LogP contribution in [-0.2, 0) is 0 Å². The molecule has 1 amide bonds. The van der Waals surface area contributed by atoms with Crippen LogP contribution >= 0.6 is 11.6 Å². The average molecular weight is 296 g/mol. The summed E-state index contributed by atoms with van der Waals surface area (Å²) in [5.74, 6) is -0.335. The molecule has 0 atom stereocenters. The summed E-state index contributed by atoms with van der Waals surface area (Å²) in [5, 5.41) is 2.62. The maximum Gasteiger partial charge on any atom is 0.389 e. The van der Waals surface area contributed by atoms with Crippen molar-refractivity contribution < 1.29 is 18.0 Å². The van der Waals surface area contributed by atoms with Crippen molar-refractivity contribution in [2.24, 2.45) is 0 Å². The van der Waals surface area contributed by atoms with E-state index in [1.807, 2.05) is 0 Å². The molecule has 1 aromatic heterocycles. The number of nitrogen functional groups attached to an aromatic ring is 1. The number of carbonyl (C=O) groups is 1. The Hall–Kier alpha value is -1.50. The maximum absolute atomic E-state index is 11.9. The number of pyridine rings is 1. The van der Waals surface area contributed by atoms with Gasteiger partial charge < -0.3 is 11.1 Å². The minimum atomic E-state index is -4.16. The zero-order valence-electron chi connectivity index (χ0n) is 9.93. The average Bonchev–Trinajstić information content (AvgIpc) is 2.30. The molecule has 19 heavy (non-hydrogen) atoms. The summed E-state index contributed by atoms with van der Waals surface area (Å²) >= 11 is 5.76. The molecule has 1 aromatic rings. The molecule has 0 radical (unpaired) electrons. The molecule has 0 spiro atoms. The molecule has 8 heteroatoms. The van der Waals surface area contributed by atoms with Gasteiger partial charge in [-0.3, -0.25) is 4.79 Å². The largest absolute Gasteiger partial charge is 0.389 e. The third kappa shape index (κ3) is 5.78. The topological polar surface area (TPSA) is 68.0 Å². The van der Waals surface area contributed by atoms with Gasteiger partial charge in [0.05, 0.1) is 10.6 Å². The van der Waals surface area contributed by atoms with E-state index in [1.165, 1.54) is 12.3 Å². The zero-order chi connectivity index (χ0) is 14.5. The Labute approximate surface area is 113 Å². The first-order chi connectivity index (χ1) is 8.79. The fraction of sp³-hybridized carbons (Fsp3) is 0.455. The van der Waals surface area contributed by atoms with Crippen LogP contribution in [0.3, 0.4) is 0 Å². The van der Waals surface area contributed by atoms with E-state index in [-0.39, 0.29) is 35.8 Å². The highest BCUT2D eigenvalue weighted by atomic mass is 35.5. The van der Waals surface area contributed by atoms with Gasteiger partial charge >= 0.3 is 6.18 Å². The van der Waals surface area contributed by atoms with Crippen molar-refractivity contribution >= 4 is 23.3 Å². The summed E-state index contributed by atoms with van der Waals surface area (Å²) < 4.78 is 35.6. The molecule has 0 fully saturated rings. The van der Waals surface area contributed by atoms with Gasteiger partial charge in [0, 0.05) is 19.2 Å². The molecule has 106 valence electrons. The van der Waals surface area contributed by atoms with Gasteiger partial charge in [0.2, 0.25) is 0 Å². The van der Waals surface area contributed by atoms with Crippen LogP contribution in [0.1, 0.15) is 29.6 Å². The number of alkyl halides is 3. The first-order valence-corrected chi connectivity index (χ1v) is 5.93. The third-order valence-corrected chi connectivity index (χ3v) is 2.59. The highest BCUT2D eigenvalue weighted by Crippen LogP contribution is 2.22. The number of halogens is 4. The number of unbranched alkanes of at least 4 members (excludes halogenated alkanes) is 1. The lowest BCUT2D eigenvalue weighted by molar-refractivity contribution is -0.135. The fourth-order valence-electron chi connectivity index (χ4n) is 1.38. The van der Waals surface area contributed by atoms with Crippen molar-refractivity contribution in [3.63, 3.8) is 0 Å². The SMILES string of the molecule is Nc1cc(C(=O)NCCCCC(F)(F)F)c(Cl)cn1. The van der Waals surface area contributed by atoms with Crippen molar-refractivity contribution in [2.45, 2.75) is 25.4 Å². The van der Waals surface area contributed by atoms with Gasteiger partial charge in [-0.2, -0.15) is 13.2 Å². The molecule has 4 nitrogen and oxygen atoms in total. The number of rotatable bonds is 5. The van der Waals surface area contributed by atoms with Gasteiger partial charge in [-0.05, 0) is 18.9 Å². The summed E-state index contributed by atoms with van der Waals surface area (Å²) in [6.07, 6.45) is -3.56. The van der Waals surface area contributed by atoms with E-state index >= 15 is 0 Å². The molecular formula is C11H13ClF3N3O. The van der Waals surface area contributed by atoms with E-state index in [1.54, 1.807) is 0 Å². The highest BCUT2D eigenvalue weighted by molar-refractivity contribution is 6.33. The van der Waals surface area contributed by atoms with E-state index < -0.39 is 18.5 Å². The van der Waals surface area contributed by atoms with Crippen LogP contribution in [0.25, 0.3) is 0 Å². The Morgan fingerprint density at radius 3 is 2.74 bits per heavy atom. The predicted molar refractivity (Wildman–Crippen MR) is 65.9 cm³/mol. The van der Waals surface area contributed by atoms with Gasteiger partial charge in [0.25, 0.3) is 5.91 Å². The second-order valence-corrected chi connectivity index (χ2v) is 4.32. The van der Waals surface area contributed by atoms with Crippen LogP contribution < -0.4 is 11.1 Å². The van der Waals surface area contributed by atoms with Crippen LogP contribution in [0, 0.1) is 0 Å². The zero-order valence-corrected chi connectivity index (χ0v) is 10.7. The van der Waals surface area contributed by atoms with Gasteiger partial charge in [-0.15, -0.1) is 0 Å². The Balaban J connectivity index is 2.38. The Morgan fingerprint density at radius 2 is 2.11 bits per heavy atom. The number of carbonyl (C=O) groups excluding carboxylic acids is 1. The summed E-state index contributed by atoms with van der Waals surface area (Å²) in [4.78, 5) is 15.4. The van der Waals surface area contributed by atoms with Crippen molar-refractivity contribution in [1.29, 1.82) is 0 Å². The molecule has 0 bridgehead atoms. The van der Waals surface area contributed by atoms with E-state index in [0.717, 1.165) is 0 Å². The number of nitrogens with two attached hydrogens (primary N) is 1. The smallest absolute Gasteiger partial charge is 0.384 e. The third-order valence-electron chi connectivity index (χ3n) is 2.29. The molecule has 1 heterocycles. The van der Waals surface area contributed by atoms with Crippen LogP contribution in [0.5, 0.6) is 0 Å². The molecule has 0 saturated carbocycles. The van der Waals surface area contributed by atoms with Crippen molar-refractivity contribution in [1.82, 2.24) is 10.3 Å². The second kappa shape index (κ2) is 6.60. The molecular weight excluding hydrogens is 283 g/mol. The van der Waals surface area contributed by atoms with Crippen LogP contribution in [0.2, 0.25) is 5.02 Å². The Morgan fingerprint density at radius 1 is 1.42 bits per heavy atom. The second-order valence-electron chi connectivity index (χ2n) is 3.92. The lowest BCUT2D eigenvalue weighted by Gasteiger charge is -2.08. The molecule has 0 aliphatic carbocycles. The minimum absolute atomic E-state index is 0.0317. The summed E-state index contributed by atoms with van der Waals surface area (Å²) in [6, 6.07) is 1.31. The highest BCUT2D eigenvalue weighted by Gasteiger charge is 2.25. The standard InChI is InChI=1S/C11H13ClF3N3O/c12-8-6-18-9(16)5-7(8)10(19)17-4-2-1-3-11(13,14)15/h5-6H,1-4H2,(H2,16,18)(H,17,19). The molecule has 0 unspecified atom stereocenters. The van der Waals surface area contributed by atoms with Gasteiger partial charge in [0.1, 0.15) is 5.82 Å². The summed E-state index contributed by atoms with van der Waals surface area (Å²) in [5.41, 5.74) is 5.57. The predicted octanol–water partition coefficient (Wildman–Crippen LogP) is 2.78. The molecule has 1 rings (SSSR count). The van der Waals surface area contributed by atoms with Crippen LogP contribution in [0.15, 0.2) is 12.3 Å². The van der Waals surface area contributed by atoms with E-state index in [2.05, 4.69) is 10.3 Å². The number of hydrogen-bond donors (Lipinski definition) is 2. The van der Waals surface area contributed by atoms with E-state index in [9.17, 15) is 18.0 Å². The number of aromatic nitrogens is 1. The quantitative estimate of drug-likeness (QED) is 0.821. The van der Waals surface area contributed by atoms with Crippen LogP contribution in [-0.4, -0.2) is 23.6 Å². The maximum atomic E-state index is 11.9. The first kappa shape index (κ1) is 15.6. The Kier molecular flexibility index (Phi) is 5.41. The van der Waals surface area contributed by atoms with Crippen molar-refractivity contribution in [3.8, 4) is 0 Å². The molecule has 0 aromatic carbocycles. The summed E-state index contributed by atoms with van der Waals surface area (Å²) in [6.45, 7) is 0.146. The number of amides is 1. The monoisotopic (exact) mass is 295 g/mol. The van der Waals surface area contributed by atoms with Crippen molar-refractivity contribution in [2.75, 3.05) is 12.3 Å². The minimum Gasteiger partial charge on any atom is -0.384 e. The number of hydrogen-bond acceptors (Lipinski definition) is 3. The number of anilines is 1. The molecule has 0 saturated heterocycles. The number of nitrogens with one attached hydrogen (secondary N) is 1. The van der Waals surface area contributed by atoms with E-state index in [0.29, 0.717) is 0 Å². The molecule has 3 N–H and O–H groups in total. The normalized spacial score (nSPS) is 11.4. The molecule has 0 aliphatic rings. The van der Waals surface area contributed by atoms with Gasteiger partial charge in [-0.1, -0.05) is 11.6 Å².